The minimum Gasteiger partial charge on any atom is -0.444 e. The van der Waals surface area contributed by atoms with Gasteiger partial charge < -0.3 is 20.1 Å². The molecule has 116 valence electrons. The molecule has 2 N–H and O–H groups in total. The van der Waals surface area contributed by atoms with Gasteiger partial charge in [-0.05, 0) is 52.9 Å². The van der Waals surface area contributed by atoms with Gasteiger partial charge in [0.05, 0.1) is 6.10 Å². The van der Waals surface area contributed by atoms with Gasteiger partial charge in [0.1, 0.15) is 5.60 Å². The molecule has 1 aliphatic carbocycles. The molecule has 1 amide bonds. The highest BCUT2D eigenvalue weighted by Crippen LogP contribution is 2.21. The van der Waals surface area contributed by atoms with Gasteiger partial charge in [-0.1, -0.05) is 0 Å². The number of rotatable bonds is 4. The maximum Gasteiger partial charge on any atom is 0.407 e. The Bertz CT molecular complexity index is 316. The number of hydrogen-bond acceptors (Lipinski definition) is 4. The van der Waals surface area contributed by atoms with Crippen LogP contribution in [0.25, 0.3) is 0 Å². The molecule has 1 atom stereocenters. The lowest BCUT2D eigenvalue weighted by atomic mass is 9.86. The molecule has 0 aromatic rings. The molecule has 1 heterocycles. The Kier molecular flexibility index (Phi) is 5.27. The first-order chi connectivity index (χ1) is 9.42. The van der Waals surface area contributed by atoms with Crippen LogP contribution in [0.2, 0.25) is 0 Å². The van der Waals surface area contributed by atoms with Gasteiger partial charge in [-0.3, -0.25) is 0 Å². The number of carbonyl (C=O) groups is 1. The van der Waals surface area contributed by atoms with E-state index in [2.05, 4.69) is 10.6 Å². The maximum atomic E-state index is 11.6. The molecule has 2 fully saturated rings. The number of ether oxygens (including phenoxy) is 2. The van der Waals surface area contributed by atoms with Crippen LogP contribution < -0.4 is 10.6 Å². The SMILES string of the molecule is CC(C)(C)OC(=O)NC1CC(NCC2CCCCO2)C1. The predicted octanol–water partition coefficient (Wildman–Crippen LogP) is 2.20. The lowest BCUT2D eigenvalue weighted by Crippen LogP contribution is -2.54. The monoisotopic (exact) mass is 284 g/mol. The van der Waals surface area contributed by atoms with E-state index in [0.717, 1.165) is 26.0 Å². The average molecular weight is 284 g/mol. The number of alkyl carbamates (subject to hydrolysis) is 1. The lowest BCUT2D eigenvalue weighted by molar-refractivity contribution is 0.0122. The number of amides is 1. The second-order valence-electron chi connectivity index (χ2n) is 6.91. The van der Waals surface area contributed by atoms with Crippen LogP contribution in [0.5, 0.6) is 0 Å². The number of carbonyl (C=O) groups excluding carboxylic acids is 1. The molecule has 5 nitrogen and oxygen atoms in total. The molecular weight excluding hydrogens is 256 g/mol. The van der Waals surface area contributed by atoms with Crippen molar-refractivity contribution in [3.63, 3.8) is 0 Å². The highest BCUT2D eigenvalue weighted by Gasteiger charge is 2.31. The van der Waals surface area contributed by atoms with E-state index in [1.165, 1.54) is 19.3 Å². The lowest BCUT2D eigenvalue weighted by Gasteiger charge is -2.37. The van der Waals surface area contributed by atoms with Crippen LogP contribution in [0.15, 0.2) is 0 Å². The van der Waals surface area contributed by atoms with Gasteiger partial charge in [-0.25, -0.2) is 4.79 Å². The van der Waals surface area contributed by atoms with Crippen molar-refractivity contribution in [1.29, 1.82) is 0 Å². The van der Waals surface area contributed by atoms with Crippen LogP contribution in [0.3, 0.4) is 0 Å². The predicted molar refractivity (Wildman–Crippen MR) is 77.8 cm³/mol. The average Bonchev–Trinajstić information content (AvgIpc) is 2.31. The third-order valence-corrected chi connectivity index (χ3v) is 3.77. The fraction of sp³-hybridized carbons (Fsp3) is 0.933. The summed E-state index contributed by atoms with van der Waals surface area (Å²) in [5, 5.41) is 6.43. The molecule has 1 unspecified atom stereocenters. The number of nitrogens with one attached hydrogen (secondary N) is 2. The van der Waals surface area contributed by atoms with E-state index in [4.69, 9.17) is 9.47 Å². The van der Waals surface area contributed by atoms with Crippen LogP contribution in [0.4, 0.5) is 4.79 Å². The third-order valence-electron chi connectivity index (χ3n) is 3.77. The standard InChI is InChI=1S/C15H28N2O3/c1-15(2,3)20-14(18)17-12-8-11(9-12)16-10-13-6-4-5-7-19-13/h11-13,16H,4-10H2,1-3H3,(H,17,18). The van der Waals surface area contributed by atoms with E-state index in [1.54, 1.807) is 0 Å². The van der Waals surface area contributed by atoms with E-state index in [0.29, 0.717) is 12.1 Å². The molecule has 1 saturated carbocycles. The molecule has 0 aromatic heterocycles. The Hall–Kier alpha value is -0.810. The van der Waals surface area contributed by atoms with Gasteiger partial charge in [0, 0.05) is 25.2 Å². The molecule has 2 aliphatic rings. The maximum absolute atomic E-state index is 11.6. The summed E-state index contributed by atoms with van der Waals surface area (Å²) in [5.41, 5.74) is -0.427. The van der Waals surface area contributed by atoms with E-state index < -0.39 is 5.60 Å². The van der Waals surface area contributed by atoms with Crippen molar-refractivity contribution < 1.29 is 14.3 Å². The van der Waals surface area contributed by atoms with Crippen molar-refractivity contribution in [3.05, 3.63) is 0 Å². The second-order valence-corrected chi connectivity index (χ2v) is 6.91. The zero-order chi connectivity index (χ0) is 14.6. The minimum absolute atomic E-state index is 0.245. The Morgan fingerprint density at radius 3 is 2.60 bits per heavy atom. The molecule has 1 saturated heterocycles. The summed E-state index contributed by atoms with van der Waals surface area (Å²) < 4.78 is 10.9. The molecule has 1 aliphatic heterocycles. The molecule has 0 bridgehead atoms. The summed E-state index contributed by atoms with van der Waals surface area (Å²) in [7, 11) is 0. The first-order valence-electron chi connectivity index (χ1n) is 7.77. The highest BCUT2D eigenvalue weighted by atomic mass is 16.6. The van der Waals surface area contributed by atoms with Crippen molar-refractivity contribution in [2.45, 2.75) is 76.7 Å². The fourth-order valence-electron chi connectivity index (χ4n) is 2.64. The Morgan fingerprint density at radius 2 is 2.00 bits per heavy atom. The smallest absolute Gasteiger partial charge is 0.407 e. The van der Waals surface area contributed by atoms with Crippen LogP contribution >= 0.6 is 0 Å². The quantitative estimate of drug-likeness (QED) is 0.831. The summed E-state index contributed by atoms with van der Waals surface area (Å²) >= 11 is 0. The van der Waals surface area contributed by atoms with Crippen LogP contribution in [0.1, 0.15) is 52.9 Å². The van der Waals surface area contributed by atoms with Crippen LogP contribution in [0, 0.1) is 0 Å². The van der Waals surface area contributed by atoms with Gasteiger partial charge in [0.15, 0.2) is 0 Å². The Labute approximate surface area is 121 Å². The van der Waals surface area contributed by atoms with Crippen LogP contribution in [-0.4, -0.2) is 43.0 Å². The molecule has 5 heteroatoms. The van der Waals surface area contributed by atoms with E-state index in [1.807, 2.05) is 20.8 Å². The summed E-state index contributed by atoms with van der Waals surface area (Å²) in [6, 6.07) is 0.745. The van der Waals surface area contributed by atoms with Crippen molar-refractivity contribution in [1.82, 2.24) is 10.6 Å². The molecule has 0 spiro atoms. The van der Waals surface area contributed by atoms with E-state index in [9.17, 15) is 4.79 Å². The first kappa shape index (κ1) is 15.6. The first-order valence-corrected chi connectivity index (χ1v) is 7.77. The minimum atomic E-state index is -0.427. The Balaban J connectivity index is 1.54. The van der Waals surface area contributed by atoms with Crippen molar-refractivity contribution in [2.24, 2.45) is 0 Å². The zero-order valence-corrected chi connectivity index (χ0v) is 12.9. The van der Waals surface area contributed by atoms with Crippen molar-refractivity contribution in [2.75, 3.05) is 13.2 Å². The highest BCUT2D eigenvalue weighted by molar-refractivity contribution is 5.68. The van der Waals surface area contributed by atoms with Gasteiger partial charge >= 0.3 is 6.09 Å². The van der Waals surface area contributed by atoms with Gasteiger partial charge in [-0.2, -0.15) is 0 Å². The van der Waals surface area contributed by atoms with E-state index in [-0.39, 0.29) is 12.1 Å². The summed E-state index contributed by atoms with van der Waals surface area (Å²) in [6.07, 6.45) is 5.66. The normalized spacial score (nSPS) is 30.4. The van der Waals surface area contributed by atoms with Crippen molar-refractivity contribution in [3.8, 4) is 0 Å². The zero-order valence-electron chi connectivity index (χ0n) is 12.9. The summed E-state index contributed by atoms with van der Waals surface area (Å²) in [5.74, 6) is 0. The van der Waals surface area contributed by atoms with E-state index >= 15 is 0 Å². The van der Waals surface area contributed by atoms with Crippen molar-refractivity contribution >= 4 is 6.09 Å². The molecular formula is C15H28N2O3. The molecule has 20 heavy (non-hydrogen) atoms. The molecule has 0 radical (unpaired) electrons. The third kappa shape index (κ3) is 5.29. The van der Waals surface area contributed by atoms with Gasteiger partial charge in [0.2, 0.25) is 0 Å². The Morgan fingerprint density at radius 1 is 1.25 bits per heavy atom. The molecule has 2 rings (SSSR count). The summed E-state index contributed by atoms with van der Waals surface area (Å²) in [4.78, 5) is 11.6. The fourth-order valence-corrected chi connectivity index (χ4v) is 2.64. The second kappa shape index (κ2) is 6.76. The largest absolute Gasteiger partial charge is 0.444 e. The van der Waals surface area contributed by atoms with Gasteiger partial charge in [0.25, 0.3) is 0 Å². The number of hydrogen-bond donors (Lipinski definition) is 2. The van der Waals surface area contributed by atoms with Crippen LogP contribution in [-0.2, 0) is 9.47 Å². The summed E-state index contributed by atoms with van der Waals surface area (Å²) in [6.45, 7) is 7.47. The topological polar surface area (TPSA) is 59.6 Å². The van der Waals surface area contributed by atoms with Gasteiger partial charge in [-0.15, -0.1) is 0 Å². The molecule has 0 aromatic carbocycles.